The van der Waals surface area contributed by atoms with Crippen LogP contribution in [0.25, 0.3) is 0 Å². The van der Waals surface area contributed by atoms with E-state index in [1.54, 1.807) is 0 Å². The molecule has 0 aliphatic rings. The number of carbonyl (C=O) groups excluding carboxylic acids is 1. The van der Waals surface area contributed by atoms with Crippen LogP contribution in [0, 0.1) is 0 Å². The molecule has 0 radical (unpaired) electrons. The van der Waals surface area contributed by atoms with Crippen molar-refractivity contribution in [3.05, 3.63) is 29.6 Å². The number of H-pyrrole nitrogens is 1. The number of halogens is 3. The van der Waals surface area contributed by atoms with Crippen molar-refractivity contribution < 1.29 is 23.1 Å². The van der Waals surface area contributed by atoms with Gasteiger partial charge in [0.15, 0.2) is 0 Å². The highest BCUT2D eigenvalue weighted by atomic mass is 19.4. The predicted octanol–water partition coefficient (Wildman–Crippen LogP) is 1.36. The topological polar surface area (TPSA) is 117 Å². The van der Waals surface area contributed by atoms with Gasteiger partial charge >= 0.3 is 6.18 Å². The molecule has 5 N–H and O–H groups in total. The first-order valence-corrected chi connectivity index (χ1v) is 5.17. The third kappa shape index (κ3) is 2.79. The number of rotatable bonds is 2. The molecule has 1 aromatic heterocycles. The van der Waals surface area contributed by atoms with Gasteiger partial charge in [0.2, 0.25) is 11.8 Å². The molecule has 0 atom stereocenters. The van der Waals surface area contributed by atoms with Crippen LogP contribution in [0.2, 0.25) is 0 Å². The third-order valence-electron chi connectivity index (χ3n) is 2.29. The first kappa shape index (κ1) is 13.6. The fourth-order valence-corrected chi connectivity index (χ4v) is 1.37. The molecule has 0 bridgehead atoms. The smallest absolute Gasteiger partial charge is 0.416 e. The van der Waals surface area contributed by atoms with E-state index < -0.39 is 29.1 Å². The summed E-state index contributed by atoms with van der Waals surface area (Å²) in [6.45, 7) is 0. The molecule has 1 aromatic carbocycles. The molecule has 0 unspecified atom stereocenters. The minimum atomic E-state index is -4.59. The largest absolute Gasteiger partial charge is 0.506 e. The summed E-state index contributed by atoms with van der Waals surface area (Å²) in [7, 11) is 0. The van der Waals surface area contributed by atoms with Gasteiger partial charge in [-0.1, -0.05) is 0 Å². The van der Waals surface area contributed by atoms with Crippen molar-refractivity contribution in [2.45, 2.75) is 6.18 Å². The van der Waals surface area contributed by atoms with Crippen LogP contribution >= 0.6 is 0 Å². The minimum Gasteiger partial charge on any atom is -0.506 e. The molecule has 0 fully saturated rings. The molecule has 0 saturated heterocycles. The Hall–Kier alpha value is -2.78. The molecule has 106 valence electrons. The Kier molecular flexibility index (Phi) is 3.22. The number of carbonyl (C=O) groups is 1. The molecule has 2 rings (SSSR count). The number of aromatic nitrogens is 3. The SMILES string of the molecule is Nc1n[nH]c(C(=O)Nc2cc(C(F)(F)F)ccc2O)n1. The van der Waals surface area contributed by atoms with Crippen LogP contribution in [-0.2, 0) is 6.18 Å². The minimum absolute atomic E-state index is 0.191. The maximum atomic E-state index is 12.5. The highest BCUT2D eigenvalue weighted by Crippen LogP contribution is 2.34. The zero-order valence-electron chi connectivity index (χ0n) is 9.69. The summed E-state index contributed by atoms with van der Waals surface area (Å²) in [6, 6.07) is 2.12. The van der Waals surface area contributed by atoms with Crippen LogP contribution in [0.4, 0.5) is 24.8 Å². The summed E-state index contributed by atoms with van der Waals surface area (Å²) in [5.41, 5.74) is 3.77. The Morgan fingerprint density at radius 3 is 2.65 bits per heavy atom. The fraction of sp³-hybridized carbons (Fsp3) is 0.100. The molecular weight excluding hydrogens is 279 g/mol. The average Bonchev–Trinajstić information content (AvgIpc) is 2.77. The van der Waals surface area contributed by atoms with Crippen LogP contribution in [-0.4, -0.2) is 26.2 Å². The second kappa shape index (κ2) is 4.72. The number of hydrogen-bond acceptors (Lipinski definition) is 5. The molecule has 10 heteroatoms. The van der Waals surface area contributed by atoms with E-state index in [-0.39, 0.29) is 11.8 Å². The maximum Gasteiger partial charge on any atom is 0.416 e. The lowest BCUT2D eigenvalue weighted by Gasteiger charge is -2.10. The van der Waals surface area contributed by atoms with Gasteiger partial charge in [-0.2, -0.15) is 18.2 Å². The number of benzene rings is 1. The number of nitrogens with zero attached hydrogens (tertiary/aromatic N) is 2. The second-order valence-corrected chi connectivity index (χ2v) is 3.73. The van der Waals surface area contributed by atoms with Gasteiger partial charge in [0.1, 0.15) is 5.75 Å². The van der Waals surface area contributed by atoms with Crippen LogP contribution in [0.15, 0.2) is 18.2 Å². The van der Waals surface area contributed by atoms with Gasteiger partial charge in [-0.3, -0.25) is 9.89 Å². The number of nitrogens with one attached hydrogen (secondary N) is 2. The van der Waals surface area contributed by atoms with Gasteiger partial charge in [-0.05, 0) is 18.2 Å². The molecule has 0 aliphatic heterocycles. The van der Waals surface area contributed by atoms with E-state index in [2.05, 4.69) is 20.5 Å². The van der Waals surface area contributed by atoms with Crippen LogP contribution < -0.4 is 11.1 Å². The molecular formula is C10H8F3N5O2. The molecule has 7 nitrogen and oxygen atoms in total. The number of amides is 1. The zero-order chi connectivity index (χ0) is 14.9. The van der Waals surface area contributed by atoms with Crippen LogP contribution in [0.3, 0.4) is 0 Å². The van der Waals surface area contributed by atoms with E-state index in [0.717, 1.165) is 6.07 Å². The van der Waals surface area contributed by atoms with Gasteiger partial charge in [0, 0.05) is 0 Å². The van der Waals surface area contributed by atoms with E-state index in [0.29, 0.717) is 12.1 Å². The van der Waals surface area contributed by atoms with Gasteiger partial charge in [0.05, 0.1) is 11.3 Å². The predicted molar refractivity (Wildman–Crippen MR) is 61.9 cm³/mol. The molecule has 20 heavy (non-hydrogen) atoms. The monoisotopic (exact) mass is 287 g/mol. The van der Waals surface area contributed by atoms with E-state index in [1.807, 2.05) is 0 Å². The number of phenolic OH excluding ortho intramolecular Hbond substituents is 1. The summed E-state index contributed by atoms with van der Waals surface area (Å²) in [6.07, 6.45) is -4.59. The maximum absolute atomic E-state index is 12.5. The highest BCUT2D eigenvalue weighted by molar-refractivity contribution is 6.02. The van der Waals surface area contributed by atoms with Crippen molar-refractivity contribution >= 4 is 17.5 Å². The van der Waals surface area contributed by atoms with E-state index in [9.17, 15) is 23.1 Å². The molecule has 2 aromatic rings. The zero-order valence-corrected chi connectivity index (χ0v) is 9.69. The van der Waals surface area contributed by atoms with E-state index in [4.69, 9.17) is 5.73 Å². The quantitative estimate of drug-likeness (QED) is 0.622. The number of nitrogens with two attached hydrogens (primary N) is 1. The summed E-state index contributed by atoms with van der Waals surface area (Å²) >= 11 is 0. The number of phenols is 1. The highest BCUT2D eigenvalue weighted by Gasteiger charge is 2.31. The van der Waals surface area contributed by atoms with Crippen molar-refractivity contribution in [1.29, 1.82) is 0 Å². The average molecular weight is 287 g/mol. The lowest BCUT2D eigenvalue weighted by Crippen LogP contribution is -2.15. The number of nitrogen functional groups attached to an aromatic ring is 1. The number of aromatic amines is 1. The molecule has 1 heterocycles. The Bertz CT molecular complexity index is 653. The first-order chi connectivity index (χ1) is 9.27. The Morgan fingerprint density at radius 1 is 1.40 bits per heavy atom. The fourth-order valence-electron chi connectivity index (χ4n) is 1.37. The van der Waals surface area contributed by atoms with Gasteiger partial charge in [-0.15, -0.1) is 5.10 Å². The van der Waals surface area contributed by atoms with Crippen molar-refractivity contribution in [2.75, 3.05) is 11.1 Å². The standard InChI is InChI=1S/C10H8F3N5O2/c11-10(12,13)4-1-2-6(19)5(3-4)15-8(20)7-16-9(14)18-17-7/h1-3,19H,(H,15,20)(H3,14,16,17,18). The molecule has 1 amide bonds. The summed E-state index contributed by atoms with van der Waals surface area (Å²) < 4.78 is 37.6. The summed E-state index contributed by atoms with van der Waals surface area (Å²) in [5.74, 6) is -1.88. The normalized spacial score (nSPS) is 11.3. The van der Waals surface area contributed by atoms with Gasteiger partial charge < -0.3 is 16.2 Å². The summed E-state index contributed by atoms with van der Waals surface area (Å²) in [4.78, 5) is 15.2. The van der Waals surface area contributed by atoms with Crippen molar-refractivity contribution in [1.82, 2.24) is 15.2 Å². The lowest BCUT2D eigenvalue weighted by molar-refractivity contribution is -0.137. The molecule has 0 spiro atoms. The van der Waals surface area contributed by atoms with Crippen LogP contribution in [0.5, 0.6) is 5.75 Å². The number of alkyl halides is 3. The van der Waals surface area contributed by atoms with E-state index >= 15 is 0 Å². The van der Waals surface area contributed by atoms with E-state index in [1.165, 1.54) is 0 Å². The van der Waals surface area contributed by atoms with Crippen molar-refractivity contribution in [3.63, 3.8) is 0 Å². The van der Waals surface area contributed by atoms with Crippen LogP contribution in [0.1, 0.15) is 16.2 Å². The third-order valence-corrected chi connectivity index (χ3v) is 2.29. The van der Waals surface area contributed by atoms with Gasteiger partial charge in [-0.25, -0.2) is 0 Å². The molecule has 0 saturated carbocycles. The number of hydrogen-bond donors (Lipinski definition) is 4. The Balaban J connectivity index is 2.27. The number of aromatic hydroxyl groups is 1. The lowest BCUT2D eigenvalue weighted by atomic mass is 10.2. The van der Waals surface area contributed by atoms with Crippen molar-refractivity contribution in [3.8, 4) is 5.75 Å². The first-order valence-electron chi connectivity index (χ1n) is 5.17. The Morgan fingerprint density at radius 2 is 2.10 bits per heavy atom. The summed E-state index contributed by atoms with van der Waals surface area (Å²) in [5, 5.41) is 17.1. The van der Waals surface area contributed by atoms with Crippen molar-refractivity contribution in [2.24, 2.45) is 0 Å². The Labute approximate surface area is 109 Å². The number of anilines is 2. The molecule has 0 aliphatic carbocycles. The second-order valence-electron chi connectivity index (χ2n) is 3.73. The van der Waals surface area contributed by atoms with Gasteiger partial charge in [0.25, 0.3) is 5.91 Å².